The smallest absolute Gasteiger partial charge is 0.281 e. The summed E-state index contributed by atoms with van der Waals surface area (Å²) >= 11 is 0. The zero-order chi connectivity index (χ0) is 14.1. The van der Waals surface area contributed by atoms with Gasteiger partial charge in [-0.3, -0.25) is 4.79 Å². The summed E-state index contributed by atoms with van der Waals surface area (Å²) in [5.41, 5.74) is 3.76. The minimum Gasteiger partial charge on any atom is -0.370 e. The average Bonchev–Trinajstić information content (AvgIpc) is 2.21. The first kappa shape index (κ1) is 13.3. The number of carbonyl (C=O) groups excluding carboxylic acids is 1. The maximum atomic E-state index is 11.5. The lowest BCUT2D eigenvalue weighted by Gasteiger charge is -2.68. The lowest BCUT2D eigenvalue weighted by atomic mass is 9.37. The fourth-order valence-electron chi connectivity index (χ4n) is 5.71. The van der Waals surface area contributed by atoms with Crippen LogP contribution in [0.25, 0.3) is 0 Å². The third kappa shape index (κ3) is 1.61. The third-order valence-corrected chi connectivity index (χ3v) is 6.39. The molecule has 3 atom stereocenters. The number of aliphatic hydroxyl groups is 3. The van der Waals surface area contributed by atoms with Crippen molar-refractivity contribution in [1.29, 1.82) is 0 Å². The number of hydrogen-bond donors (Lipinski definition) is 4. The van der Waals surface area contributed by atoms with Crippen molar-refractivity contribution in [3.63, 3.8) is 0 Å². The number of hydrogen-bond acceptors (Lipinski definition) is 4. The molecule has 5 heteroatoms. The number of carbonyl (C=O) groups is 1. The predicted molar refractivity (Wildman–Crippen MR) is 67.3 cm³/mol. The van der Waals surface area contributed by atoms with Gasteiger partial charge in [0, 0.05) is 6.42 Å². The Morgan fingerprint density at radius 1 is 1.21 bits per heavy atom. The zero-order valence-corrected chi connectivity index (χ0v) is 11.3. The molecule has 4 fully saturated rings. The van der Waals surface area contributed by atoms with Crippen LogP contribution >= 0.6 is 0 Å². The largest absolute Gasteiger partial charge is 0.370 e. The molecule has 5 N–H and O–H groups in total. The van der Waals surface area contributed by atoms with Gasteiger partial charge in [0.2, 0.25) is 5.91 Å². The van der Waals surface area contributed by atoms with Gasteiger partial charge < -0.3 is 21.1 Å². The van der Waals surface area contributed by atoms with Crippen molar-refractivity contribution in [2.45, 2.75) is 51.4 Å². The van der Waals surface area contributed by atoms with Crippen LogP contribution in [0.2, 0.25) is 0 Å². The summed E-state index contributed by atoms with van der Waals surface area (Å²) in [4.78, 5) is 11.5. The summed E-state index contributed by atoms with van der Waals surface area (Å²) in [6.45, 7) is 1.72. The molecule has 108 valence electrons. The van der Waals surface area contributed by atoms with Crippen molar-refractivity contribution in [3.05, 3.63) is 0 Å². The van der Waals surface area contributed by atoms with Crippen LogP contribution in [0.3, 0.4) is 0 Å². The van der Waals surface area contributed by atoms with E-state index in [4.69, 9.17) is 5.73 Å². The normalized spacial score (nSPS) is 48.5. The molecule has 0 spiro atoms. The molecule has 0 aromatic rings. The van der Waals surface area contributed by atoms with E-state index in [9.17, 15) is 20.1 Å². The topological polar surface area (TPSA) is 104 Å². The summed E-state index contributed by atoms with van der Waals surface area (Å²) in [6.07, 6.45) is 4.67. The Morgan fingerprint density at radius 3 is 2.16 bits per heavy atom. The summed E-state index contributed by atoms with van der Waals surface area (Å²) in [7, 11) is 0. The summed E-state index contributed by atoms with van der Waals surface area (Å²) in [5.74, 6) is -2.05. The maximum absolute atomic E-state index is 11.5. The molecular formula is C14H23NO4. The highest BCUT2D eigenvalue weighted by molar-refractivity contribution is 5.75. The highest BCUT2D eigenvalue weighted by atomic mass is 16.7. The first-order valence-corrected chi connectivity index (χ1v) is 7.13. The van der Waals surface area contributed by atoms with Crippen molar-refractivity contribution in [3.8, 4) is 0 Å². The van der Waals surface area contributed by atoms with Crippen molar-refractivity contribution < 1.29 is 20.1 Å². The van der Waals surface area contributed by atoms with Crippen molar-refractivity contribution in [2.24, 2.45) is 34.3 Å². The van der Waals surface area contributed by atoms with Gasteiger partial charge in [0.25, 0.3) is 5.97 Å². The van der Waals surface area contributed by atoms with Crippen LogP contribution in [0.1, 0.15) is 45.4 Å². The average molecular weight is 269 g/mol. The standard InChI is InChI=1S/C14H23NO4/c1-12(14(17,18)19)10-3-8-2-9(4-10)6-13(12,5-8)7-11(15)16/h8-10,17-19H,2-7H2,1H3,(H2,15,16). The predicted octanol–water partition coefficient (Wildman–Crippen LogP) is 0.325. The van der Waals surface area contributed by atoms with Gasteiger partial charge in [-0.15, -0.1) is 0 Å². The number of nitrogens with two attached hydrogens (primary N) is 1. The van der Waals surface area contributed by atoms with Crippen LogP contribution in [-0.2, 0) is 4.79 Å². The molecule has 19 heavy (non-hydrogen) atoms. The van der Waals surface area contributed by atoms with Crippen LogP contribution in [0.4, 0.5) is 0 Å². The molecule has 1 amide bonds. The van der Waals surface area contributed by atoms with Crippen LogP contribution < -0.4 is 5.73 Å². The molecule has 0 aromatic carbocycles. The Bertz CT molecular complexity index is 402. The Hall–Kier alpha value is -0.650. The molecule has 4 saturated carbocycles. The molecule has 0 radical (unpaired) electrons. The quantitative estimate of drug-likeness (QED) is 0.554. The molecule has 4 aliphatic carbocycles. The van der Waals surface area contributed by atoms with Crippen LogP contribution in [-0.4, -0.2) is 27.2 Å². The fraction of sp³-hybridized carbons (Fsp3) is 0.929. The number of primary amides is 1. The third-order valence-electron chi connectivity index (χ3n) is 6.39. The summed E-state index contributed by atoms with van der Waals surface area (Å²) in [5, 5.41) is 29.8. The van der Waals surface area contributed by atoms with Gasteiger partial charge >= 0.3 is 0 Å². The van der Waals surface area contributed by atoms with Crippen LogP contribution in [0, 0.1) is 28.6 Å². The molecule has 4 aliphatic rings. The Balaban J connectivity index is 2.08. The molecule has 0 aromatic heterocycles. The van der Waals surface area contributed by atoms with E-state index in [2.05, 4.69) is 0 Å². The Labute approximate surface area is 112 Å². The van der Waals surface area contributed by atoms with Gasteiger partial charge in [0.1, 0.15) is 0 Å². The van der Waals surface area contributed by atoms with Gasteiger partial charge in [0.05, 0.1) is 5.41 Å². The minimum absolute atomic E-state index is 0.0538. The van der Waals surface area contributed by atoms with Gasteiger partial charge in [-0.25, -0.2) is 0 Å². The number of amides is 1. The van der Waals surface area contributed by atoms with E-state index in [1.165, 1.54) is 6.42 Å². The minimum atomic E-state index is -2.75. The monoisotopic (exact) mass is 269 g/mol. The summed E-state index contributed by atoms with van der Waals surface area (Å²) in [6, 6.07) is 0. The Kier molecular flexibility index (Phi) is 2.61. The van der Waals surface area contributed by atoms with Crippen LogP contribution in [0.5, 0.6) is 0 Å². The van der Waals surface area contributed by atoms with E-state index >= 15 is 0 Å². The van der Waals surface area contributed by atoms with Crippen molar-refractivity contribution in [1.82, 2.24) is 0 Å². The first-order chi connectivity index (χ1) is 8.68. The highest BCUT2D eigenvalue weighted by Gasteiger charge is 2.70. The van der Waals surface area contributed by atoms with E-state index in [0.717, 1.165) is 25.7 Å². The second-order valence-corrected chi connectivity index (χ2v) is 7.31. The fourth-order valence-corrected chi connectivity index (χ4v) is 5.71. The van der Waals surface area contributed by atoms with Crippen molar-refractivity contribution in [2.75, 3.05) is 0 Å². The summed E-state index contributed by atoms with van der Waals surface area (Å²) < 4.78 is 0. The van der Waals surface area contributed by atoms with E-state index in [0.29, 0.717) is 11.8 Å². The van der Waals surface area contributed by atoms with Gasteiger partial charge in [-0.1, -0.05) is 6.92 Å². The lowest BCUT2D eigenvalue weighted by Crippen LogP contribution is -2.68. The lowest BCUT2D eigenvalue weighted by molar-refractivity contribution is -0.425. The molecule has 3 unspecified atom stereocenters. The maximum Gasteiger partial charge on any atom is 0.281 e. The van der Waals surface area contributed by atoms with Gasteiger partial charge in [0.15, 0.2) is 0 Å². The molecule has 4 rings (SSSR count). The molecule has 0 aliphatic heterocycles. The van der Waals surface area contributed by atoms with E-state index in [-0.39, 0.29) is 12.3 Å². The second kappa shape index (κ2) is 3.71. The Morgan fingerprint density at radius 2 is 1.74 bits per heavy atom. The molecule has 4 bridgehead atoms. The van der Waals surface area contributed by atoms with Gasteiger partial charge in [-0.05, 0) is 55.3 Å². The zero-order valence-electron chi connectivity index (χ0n) is 11.3. The molecular weight excluding hydrogens is 246 g/mol. The van der Waals surface area contributed by atoms with E-state index in [1.54, 1.807) is 6.92 Å². The van der Waals surface area contributed by atoms with E-state index in [1.807, 2.05) is 0 Å². The van der Waals surface area contributed by atoms with Crippen LogP contribution in [0.15, 0.2) is 0 Å². The van der Waals surface area contributed by atoms with Crippen molar-refractivity contribution >= 4 is 5.91 Å². The van der Waals surface area contributed by atoms with Gasteiger partial charge in [-0.2, -0.15) is 0 Å². The molecule has 0 heterocycles. The SMILES string of the molecule is CC1(C(O)(O)O)C2CC3CC(C2)CC1(CC(N)=O)C3. The number of rotatable bonds is 3. The first-order valence-electron chi connectivity index (χ1n) is 7.13. The molecule has 0 saturated heterocycles. The van der Waals surface area contributed by atoms with E-state index < -0.39 is 22.7 Å². The molecule has 5 nitrogen and oxygen atoms in total. The second-order valence-electron chi connectivity index (χ2n) is 7.31. The highest BCUT2D eigenvalue weighted by Crippen LogP contribution is 2.71.